The van der Waals surface area contributed by atoms with Crippen molar-refractivity contribution in [3.8, 4) is 5.75 Å². The van der Waals surface area contributed by atoms with Crippen molar-refractivity contribution in [2.24, 2.45) is 12.0 Å². The Hall–Kier alpha value is -3.19. The molecule has 4 aromatic rings. The van der Waals surface area contributed by atoms with Crippen molar-refractivity contribution >= 4 is 38.4 Å². The number of benzene rings is 2. The second-order valence-corrected chi connectivity index (χ2v) is 6.91. The van der Waals surface area contributed by atoms with Crippen LogP contribution in [0.5, 0.6) is 5.75 Å². The Morgan fingerprint density at radius 3 is 2.89 bits per heavy atom. The summed E-state index contributed by atoms with van der Waals surface area (Å²) < 4.78 is 13.7. The average Bonchev–Trinajstić information content (AvgIpc) is 2.97. The van der Waals surface area contributed by atoms with Gasteiger partial charge in [-0.25, -0.2) is 0 Å². The first-order chi connectivity index (χ1) is 13.1. The number of carbonyl (C=O) groups excluding carboxylic acids is 1. The van der Waals surface area contributed by atoms with Crippen LogP contribution in [0.2, 0.25) is 0 Å². The maximum atomic E-state index is 12.6. The van der Waals surface area contributed by atoms with E-state index in [4.69, 9.17) is 9.15 Å². The van der Waals surface area contributed by atoms with Gasteiger partial charge in [0.25, 0.3) is 5.91 Å². The largest absolute Gasteiger partial charge is 0.494 e. The van der Waals surface area contributed by atoms with Crippen LogP contribution in [-0.4, -0.2) is 17.1 Å². The van der Waals surface area contributed by atoms with E-state index in [0.717, 1.165) is 16.0 Å². The van der Waals surface area contributed by atoms with Gasteiger partial charge in [-0.3, -0.25) is 9.59 Å². The van der Waals surface area contributed by atoms with Gasteiger partial charge in [-0.05, 0) is 37.3 Å². The number of fused-ring (bicyclic) bond motifs is 2. The van der Waals surface area contributed by atoms with Gasteiger partial charge in [0.1, 0.15) is 23.2 Å². The minimum atomic E-state index is -0.623. The molecule has 0 fully saturated rings. The van der Waals surface area contributed by atoms with E-state index in [1.165, 1.54) is 17.6 Å². The number of aromatic nitrogens is 1. The van der Waals surface area contributed by atoms with Crippen LogP contribution in [0.1, 0.15) is 17.3 Å². The fraction of sp³-hybridized carbons (Fsp3) is 0.150. The van der Waals surface area contributed by atoms with E-state index < -0.39 is 5.91 Å². The third-order valence-electron chi connectivity index (χ3n) is 4.20. The van der Waals surface area contributed by atoms with Crippen LogP contribution < -0.4 is 15.0 Å². The maximum Gasteiger partial charge on any atom is 0.286 e. The molecular weight excluding hydrogens is 364 g/mol. The van der Waals surface area contributed by atoms with Crippen LogP contribution in [0.25, 0.3) is 21.2 Å². The van der Waals surface area contributed by atoms with Gasteiger partial charge in [-0.15, -0.1) is 0 Å². The molecule has 7 heteroatoms. The number of hydrogen-bond acceptors (Lipinski definition) is 5. The monoisotopic (exact) mass is 380 g/mol. The van der Waals surface area contributed by atoms with E-state index in [1.54, 1.807) is 24.3 Å². The van der Waals surface area contributed by atoms with E-state index >= 15 is 0 Å². The van der Waals surface area contributed by atoms with Crippen LogP contribution >= 0.6 is 11.3 Å². The molecule has 4 rings (SSSR count). The van der Waals surface area contributed by atoms with Crippen molar-refractivity contribution in [3.05, 3.63) is 69.3 Å². The first kappa shape index (κ1) is 17.2. The van der Waals surface area contributed by atoms with Crippen molar-refractivity contribution in [2.45, 2.75) is 6.92 Å². The summed E-state index contributed by atoms with van der Waals surface area (Å²) in [5.41, 5.74) is 0.907. The summed E-state index contributed by atoms with van der Waals surface area (Å²) in [6, 6.07) is 12.5. The van der Waals surface area contributed by atoms with Crippen LogP contribution in [0.3, 0.4) is 0 Å². The zero-order chi connectivity index (χ0) is 19.0. The molecule has 0 aliphatic heterocycles. The molecule has 0 atom stereocenters. The summed E-state index contributed by atoms with van der Waals surface area (Å²) in [4.78, 5) is 29.8. The highest BCUT2D eigenvalue weighted by atomic mass is 32.1. The Labute approximate surface area is 158 Å². The number of rotatable bonds is 3. The van der Waals surface area contributed by atoms with Gasteiger partial charge in [0, 0.05) is 7.05 Å². The quantitative estimate of drug-likeness (QED) is 0.545. The summed E-state index contributed by atoms with van der Waals surface area (Å²) in [5, 5.41) is 0.362. The Kier molecular flexibility index (Phi) is 4.37. The molecule has 136 valence electrons. The maximum absolute atomic E-state index is 12.6. The zero-order valence-corrected chi connectivity index (χ0v) is 15.6. The van der Waals surface area contributed by atoms with Crippen LogP contribution in [-0.2, 0) is 7.05 Å². The standard InChI is InChI=1S/C20H16N2O4S/c1-3-25-12-8-9-15-17(10-12)27-20(22(15)2)21-19(24)14-11-26-16-7-5-4-6-13(16)18(14)23/h4-11H,3H2,1-2H3. The van der Waals surface area contributed by atoms with E-state index in [9.17, 15) is 9.59 Å². The lowest BCUT2D eigenvalue weighted by Gasteiger charge is -2.02. The molecule has 27 heavy (non-hydrogen) atoms. The first-order valence-electron chi connectivity index (χ1n) is 8.40. The normalized spacial score (nSPS) is 12.0. The number of carbonyl (C=O) groups is 1. The minimum absolute atomic E-state index is 0.0823. The highest BCUT2D eigenvalue weighted by molar-refractivity contribution is 7.16. The molecule has 2 aromatic carbocycles. The SMILES string of the molecule is CCOc1ccc2c(c1)sc(=NC(=O)c1coc3ccccc3c1=O)n2C. The van der Waals surface area contributed by atoms with Gasteiger partial charge in [0.2, 0.25) is 5.43 Å². The van der Waals surface area contributed by atoms with Gasteiger partial charge in [-0.1, -0.05) is 23.5 Å². The Balaban J connectivity index is 1.81. The number of nitrogens with zero attached hydrogens (tertiary/aromatic N) is 2. The highest BCUT2D eigenvalue weighted by Gasteiger charge is 2.14. The molecule has 0 N–H and O–H groups in total. The molecule has 1 amide bonds. The summed E-state index contributed by atoms with van der Waals surface area (Å²) in [6.07, 6.45) is 1.18. The summed E-state index contributed by atoms with van der Waals surface area (Å²) in [7, 11) is 1.83. The molecule has 0 spiro atoms. The number of para-hydroxylation sites is 1. The third-order valence-corrected chi connectivity index (χ3v) is 5.29. The topological polar surface area (TPSA) is 73.8 Å². The smallest absolute Gasteiger partial charge is 0.286 e. The molecule has 2 aromatic heterocycles. The number of thiazole rings is 1. The molecule has 0 aliphatic carbocycles. The highest BCUT2D eigenvalue weighted by Crippen LogP contribution is 2.22. The van der Waals surface area contributed by atoms with Gasteiger partial charge in [0.15, 0.2) is 4.80 Å². The van der Waals surface area contributed by atoms with Crippen LogP contribution in [0, 0.1) is 0 Å². The number of aryl methyl sites for hydroxylation is 1. The second kappa shape index (κ2) is 6.85. The summed E-state index contributed by atoms with van der Waals surface area (Å²) in [5.74, 6) is 0.140. The predicted octanol–water partition coefficient (Wildman–Crippen LogP) is 3.49. The Morgan fingerprint density at radius 1 is 1.26 bits per heavy atom. The van der Waals surface area contributed by atoms with Crippen molar-refractivity contribution in [1.82, 2.24) is 4.57 Å². The van der Waals surface area contributed by atoms with Gasteiger partial charge >= 0.3 is 0 Å². The summed E-state index contributed by atoms with van der Waals surface area (Å²) in [6.45, 7) is 2.50. The second-order valence-electron chi connectivity index (χ2n) is 5.90. The van der Waals surface area contributed by atoms with Crippen molar-refractivity contribution < 1.29 is 13.9 Å². The molecule has 6 nitrogen and oxygen atoms in total. The summed E-state index contributed by atoms with van der Waals surface area (Å²) >= 11 is 1.36. The molecule has 0 aliphatic rings. The van der Waals surface area contributed by atoms with Crippen molar-refractivity contribution in [1.29, 1.82) is 0 Å². The lowest BCUT2D eigenvalue weighted by Crippen LogP contribution is -2.18. The Morgan fingerprint density at radius 2 is 2.07 bits per heavy atom. The first-order valence-corrected chi connectivity index (χ1v) is 9.22. The van der Waals surface area contributed by atoms with Gasteiger partial charge in [-0.2, -0.15) is 4.99 Å². The van der Waals surface area contributed by atoms with E-state index in [0.29, 0.717) is 22.4 Å². The average molecular weight is 380 g/mol. The predicted molar refractivity (Wildman–Crippen MR) is 104 cm³/mol. The molecule has 0 saturated carbocycles. The lowest BCUT2D eigenvalue weighted by molar-refractivity contribution is 0.0995. The Bertz CT molecular complexity index is 1300. The molecule has 0 radical (unpaired) electrons. The molecule has 2 heterocycles. The van der Waals surface area contributed by atoms with E-state index in [-0.39, 0.29) is 11.0 Å². The third kappa shape index (κ3) is 3.06. The lowest BCUT2D eigenvalue weighted by atomic mass is 10.2. The number of hydrogen-bond donors (Lipinski definition) is 0. The number of amides is 1. The van der Waals surface area contributed by atoms with Crippen molar-refractivity contribution in [3.63, 3.8) is 0 Å². The van der Waals surface area contributed by atoms with Crippen molar-refractivity contribution in [2.75, 3.05) is 6.61 Å². The van der Waals surface area contributed by atoms with Crippen LogP contribution in [0.15, 0.2) is 62.9 Å². The fourth-order valence-corrected chi connectivity index (χ4v) is 3.90. The zero-order valence-electron chi connectivity index (χ0n) is 14.8. The van der Waals surface area contributed by atoms with Crippen LogP contribution in [0.4, 0.5) is 0 Å². The molecular formula is C20H16N2O4S. The minimum Gasteiger partial charge on any atom is -0.494 e. The van der Waals surface area contributed by atoms with Gasteiger partial charge < -0.3 is 13.7 Å². The fourth-order valence-electron chi connectivity index (χ4n) is 2.85. The van der Waals surface area contributed by atoms with E-state index in [1.807, 2.05) is 36.7 Å². The number of ether oxygens (including phenoxy) is 1. The molecule has 0 unspecified atom stereocenters. The van der Waals surface area contributed by atoms with Gasteiger partial charge in [0.05, 0.1) is 22.2 Å². The molecule has 0 saturated heterocycles. The molecule has 0 bridgehead atoms. The van der Waals surface area contributed by atoms with E-state index in [2.05, 4.69) is 4.99 Å².